The van der Waals surface area contributed by atoms with Crippen LogP contribution in [0.5, 0.6) is 0 Å². The maximum Gasteiger partial charge on any atom is 0.419 e. The van der Waals surface area contributed by atoms with Gasteiger partial charge in [0.2, 0.25) is 0 Å². The molecule has 0 aromatic heterocycles. The molecule has 8 nitrogen and oxygen atoms in total. The van der Waals surface area contributed by atoms with E-state index in [0.29, 0.717) is 24.3 Å². The fourth-order valence-corrected chi connectivity index (χ4v) is 4.67. The second kappa shape index (κ2) is 13.8. The SMILES string of the molecule is CCCCCCC(O)CC1=NN(OS(=O)(=O)O)C(CC(O)CCCCCC)S1. The van der Waals surface area contributed by atoms with E-state index >= 15 is 0 Å². The molecule has 28 heavy (non-hydrogen) atoms. The van der Waals surface area contributed by atoms with Crippen LogP contribution < -0.4 is 0 Å². The predicted octanol–water partition coefficient (Wildman–Crippen LogP) is 3.85. The van der Waals surface area contributed by atoms with Gasteiger partial charge in [0.15, 0.2) is 0 Å². The molecule has 1 aliphatic rings. The number of hydrazone groups is 1. The highest BCUT2D eigenvalue weighted by atomic mass is 32.3. The zero-order valence-corrected chi connectivity index (χ0v) is 18.6. The van der Waals surface area contributed by atoms with Gasteiger partial charge in [0.05, 0.1) is 12.2 Å². The second-order valence-electron chi connectivity index (χ2n) is 7.32. The Hall–Kier alpha value is -0.390. The lowest BCUT2D eigenvalue weighted by Crippen LogP contribution is -2.30. The minimum Gasteiger partial charge on any atom is -0.393 e. The summed E-state index contributed by atoms with van der Waals surface area (Å²) < 4.78 is 35.7. The van der Waals surface area contributed by atoms with Crippen LogP contribution in [0.2, 0.25) is 0 Å². The van der Waals surface area contributed by atoms with E-state index in [1.807, 2.05) is 0 Å². The molecular formula is C18H36N2O6S2. The number of nitrogens with zero attached hydrogens (tertiary/aromatic N) is 2. The Labute approximate surface area is 173 Å². The van der Waals surface area contributed by atoms with Crippen molar-refractivity contribution in [2.24, 2.45) is 5.10 Å². The number of hydroxylamine groups is 1. The molecule has 166 valence electrons. The van der Waals surface area contributed by atoms with Crippen LogP contribution in [0.25, 0.3) is 0 Å². The first-order valence-electron chi connectivity index (χ1n) is 10.3. The zero-order chi connectivity index (χ0) is 21.0. The summed E-state index contributed by atoms with van der Waals surface area (Å²) in [4.78, 5) is 0. The molecule has 0 saturated carbocycles. The van der Waals surface area contributed by atoms with Gasteiger partial charge in [0, 0.05) is 12.8 Å². The van der Waals surface area contributed by atoms with Crippen LogP contribution in [-0.2, 0) is 14.7 Å². The fourth-order valence-electron chi connectivity index (χ4n) is 3.06. The summed E-state index contributed by atoms with van der Waals surface area (Å²) in [6.45, 7) is 4.25. The smallest absolute Gasteiger partial charge is 0.393 e. The van der Waals surface area contributed by atoms with Crippen molar-refractivity contribution < 1.29 is 27.5 Å². The highest BCUT2D eigenvalue weighted by Gasteiger charge is 2.33. The van der Waals surface area contributed by atoms with Crippen LogP contribution in [-0.4, -0.2) is 51.0 Å². The normalized spacial score (nSPS) is 19.7. The van der Waals surface area contributed by atoms with Crippen molar-refractivity contribution in [3.63, 3.8) is 0 Å². The Balaban J connectivity index is 2.55. The van der Waals surface area contributed by atoms with Gasteiger partial charge in [0.25, 0.3) is 0 Å². The maximum atomic E-state index is 11.1. The molecule has 0 aliphatic carbocycles. The van der Waals surface area contributed by atoms with Gasteiger partial charge in [-0.3, -0.25) is 4.55 Å². The van der Waals surface area contributed by atoms with Gasteiger partial charge in [0.1, 0.15) is 10.4 Å². The molecule has 0 saturated heterocycles. The molecule has 0 amide bonds. The number of thioether (sulfide) groups is 1. The average Bonchev–Trinajstić information content (AvgIpc) is 2.94. The summed E-state index contributed by atoms with van der Waals surface area (Å²) in [7, 11) is -4.71. The quantitative estimate of drug-likeness (QED) is 0.244. The van der Waals surface area contributed by atoms with E-state index in [9.17, 15) is 18.6 Å². The van der Waals surface area contributed by atoms with Crippen molar-refractivity contribution in [2.75, 3.05) is 0 Å². The number of aliphatic hydroxyl groups is 2. The first-order valence-corrected chi connectivity index (χ1v) is 12.6. The van der Waals surface area contributed by atoms with Crippen molar-refractivity contribution in [3.8, 4) is 0 Å². The molecule has 1 heterocycles. The Kier molecular flexibility index (Phi) is 12.6. The summed E-state index contributed by atoms with van der Waals surface area (Å²) in [5, 5.41) is 25.3. The van der Waals surface area contributed by atoms with Gasteiger partial charge >= 0.3 is 10.4 Å². The minimum absolute atomic E-state index is 0.256. The molecule has 0 bridgehead atoms. The molecule has 1 aliphatic heterocycles. The Morgan fingerprint density at radius 1 is 1.04 bits per heavy atom. The third kappa shape index (κ3) is 11.6. The topological polar surface area (TPSA) is 120 Å². The van der Waals surface area contributed by atoms with Crippen LogP contribution in [0.3, 0.4) is 0 Å². The number of hydrogen-bond donors (Lipinski definition) is 3. The Bertz CT molecular complexity index is 558. The molecule has 0 fully saturated rings. The lowest BCUT2D eigenvalue weighted by molar-refractivity contribution is -0.0765. The molecule has 0 aromatic carbocycles. The van der Waals surface area contributed by atoms with Crippen molar-refractivity contribution in [3.05, 3.63) is 0 Å². The van der Waals surface area contributed by atoms with E-state index in [0.717, 1.165) is 56.5 Å². The minimum atomic E-state index is -4.71. The van der Waals surface area contributed by atoms with Crippen LogP contribution >= 0.6 is 11.8 Å². The average molecular weight is 441 g/mol. The number of hydrogen-bond acceptors (Lipinski definition) is 8. The third-order valence-corrected chi connectivity index (χ3v) is 6.07. The lowest BCUT2D eigenvalue weighted by atomic mass is 10.1. The summed E-state index contributed by atoms with van der Waals surface area (Å²) in [6.07, 6.45) is 9.08. The van der Waals surface area contributed by atoms with E-state index < -0.39 is 28.0 Å². The summed E-state index contributed by atoms with van der Waals surface area (Å²) in [5.74, 6) is 0. The van der Waals surface area contributed by atoms with Crippen LogP contribution in [0.1, 0.15) is 90.9 Å². The van der Waals surface area contributed by atoms with E-state index in [1.54, 1.807) is 0 Å². The van der Waals surface area contributed by atoms with Crippen molar-refractivity contribution in [2.45, 2.75) is 108 Å². The Morgan fingerprint density at radius 3 is 2.14 bits per heavy atom. The predicted molar refractivity (Wildman–Crippen MR) is 112 cm³/mol. The summed E-state index contributed by atoms with van der Waals surface area (Å²) in [6, 6.07) is 0. The third-order valence-electron chi connectivity index (χ3n) is 4.56. The lowest BCUT2D eigenvalue weighted by Gasteiger charge is -2.21. The number of rotatable bonds is 16. The molecule has 0 spiro atoms. The zero-order valence-electron chi connectivity index (χ0n) is 17.0. The van der Waals surface area contributed by atoms with Crippen LogP contribution in [0.4, 0.5) is 0 Å². The first-order chi connectivity index (χ1) is 13.2. The van der Waals surface area contributed by atoms with E-state index in [-0.39, 0.29) is 6.42 Å². The Morgan fingerprint density at radius 2 is 1.61 bits per heavy atom. The number of aliphatic hydroxyl groups excluding tert-OH is 2. The molecule has 10 heteroatoms. The monoisotopic (exact) mass is 440 g/mol. The van der Waals surface area contributed by atoms with E-state index in [4.69, 9.17) is 4.55 Å². The summed E-state index contributed by atoms with van der Waals surface area (Å²) >= 11 is 1.26. The van der Waals surface area contributed by atoms with Gasteiger partial charge in [-0.2, -0.15) is 8.42 Å². The fraction of sp³-hybridized carbons (Fsp3) is 0.944. The largest absolute Gasteiger partial charge is 0.419 e. The highest BCUT2D eigenvalue weighted by Crippen LogP contribution is 2.33. The molecule has 0 aromatic rings. The first kappa shape index (κ1) is 25.6. The van der Waals surface area contributed by atoms with Crippen LogP contribution in [0.15, 0.2) is 5.10 Å². The molecule has 3 atom stereocenters. The van der Waals surface area contributed by atoms with Gasteiger partial charge in [-0.1, -0.05) is 77.0 Å². The number of unbranched alkanes of at least 4 members (excludes halogenated alkanes) is 6. The van der Waals surface area contributed by atoms with Crippen LogP contribution in [0, 0.1) is 0 Å². The van der Waals surface area contributed by atoms with Gasteiger partial charge in [-0.15, -0.1) is 14.6 Å². The van der Waals surface area contributed by atoms with Crippen molar-refractivity contribution in [1.29, 1.82) is 0 Å². The summed E-state index contributed by atoms with van der Waals surface area (Å²) in [5.41, 5.74) is 0. The van der Waals surface area contributed by atoms with Crippen molar-refractivity contribution in [1.82, 2.24) is 5.17 Å². The molecule has 3 unspecified atom stereocenters. The van der Waals surface area contributed by atoms with E-state index in [1.165, 1.54) is 11.8 Å². The highest BCUT2D eigenvalue weighted by molar-refractivity contribution is 8.14. The second-order valence-corrected chi connectivity index (χ2v) is 9.57. The van der Waals surface area contributed by atoms with Crippen molar-refractivity contribution >= 4 is 27.2 Å². The van der Waals surface area contributed by atoms with Gasteiger partial charge in [-0.25, -0.2) is 0 Å². The molecule has 3 N–H and O–H groups in total. The van der Waals surface area contributed by atoms with Gasteiger partial charge in [-0.05, 0) is 12.8 Å². The molecular weight excluding hydrogens is 404 g/mol. The standard InChI is InChI=1S/C18H36N2O6S2/c1-3-5-7-9-11-15(21)13-17-19-20(26-28(23,24)25)18(27-17)14-16(22)12-10-8-6-4-2/h15-16,18,21-22H,3-14H2,1-2H3,(H,23,24,25). The van der Waals surface area contributed by atoms with E-state index in [2.05, 4.69) is 23.2 Å². The van der Waals surface area contributed by atoms with Gasteiger partial charge < -0.3 is 10.2 Å². The molecule has 1 rings (SSSR count). The molecule has 0 radical (unpaired) electrons. The maximum absolute atomic E-state index is 11.1.